The van der Waals surface area contributed by atoms with Crippen LogP contribution in [0, 0.1) is 0 Å². The Balaban J connectivity index is 1.77. The number of aliphatic hydroxyl groups excluding tert-OH is 1. The molecule has 0 spiro atoms. The fraction of sp³-hybridized carbons (Fsp3) is 0.562. The molecule has 1 aromatic carbocycles. The summed E-state index contributed by atoms with van der Waals surface area (Å²) >= 11 is 0. The van der Waals surface area contributed by atoms with E-state index in [1.54, 1.807) is 7.05 Å². The van der Waals surface area contributed by atoms with Crippen LogP contribution in [0.4, 0.5) is 5.69 Å². The molecule has 2 aliphatic rings. The zero-order valence-electron chi connectivity index (χ0n) is 12.7. The normalized spacial score (nSPS) is 28.6. The first-order chi connectivity index (χ1) is 10.5. The van der Waals surface area contributed by atoms with Gasteiger partial charge >= 0.3 is 0 Å². The van der Waals surface area contributed by atoms with Crippen LogP contribution < -0.4 is 20.1 Å². The van der Waals surface area contributed by atoms with Crippen molar-refractivity contribution in [2.75, 3.05) is 18.6 Å². The molecule has 0 aromatic heterocycles. The molecule has 3 rings (SSSR count). The number of fused-ring (bicyclic) bond motifs is 1. The number of likely N-dealkylation sites (N-methyl/N-ethyl adjacent to an activating group) is 1. The van der Waals surface area contributed by atoms with Crippen LogP contribution in [-0.2, 0) is 4.79 Å². The van der Waals surface area contributed by atoms with E-state index in [2.05, 4.69) is 0 Å². The van der Waals surface area contributed by atoms with Crippen molar-refractivity contribution in [2.45, 2.75) is 43.9 Å². The zero-order chi connectivity index (χ0) is 15.7. The summed E-state index contributed by atoms with van der Waals surface area (Å²) in [4.78, 5) is 13.6. The third-order valence-corrected chi connectivity index (χ3v) is 4.30. The van der Waals surface area contributed by atoms with E-state index in [0.717, 1.165) is 25.7 Å². The van der Waals surface area contributed by atoms with Crippen molar-refractivity contribution in [3.8, 4) is 11.5 Å². The monoisotopic (exact) mass is 306 g/mol. The number of carbonyl (C=O) groups is 1. The molecule has 22 heavy (non-hydrogen) atoms. The molecule has 1 aromatic rings. The first-order valence-electron chi connectivity index (χ1n) is 7.69. The quantitative estimate of drug-likeness (QED) is 0.853. The largest absolute Gasteiger partial charge is 0.490 e. The number of carbonyl (C=O) groups excluding carboxylic acids is 1. The highest BCUT2D eigenvalue weighted by Crippen LogP contribution is 2.35. The summed E-state index contributed by atoms with van der Waals surface area (Å²) in [6.45, 7) is 0.177. The van der Waals surface area contributed by atoms with Crippen LogP contribution in [0.2, 0.25) is 0 Å². The Kier molecular flexibility index (Phi) is 4.22. The molecule has 0 radical (unpaired) electrons. The Bertz CT molecular complexity index is 555. The lowest BCUT2D eigenvalue weighted by molar-refractivity contribution is -0.119. The summed E-state index contributed by atoms with van der Waals surface area (Å²) < 4.78 is 11.6. The molecule has 1 unspecified atom stereocenters. The second-order valence-corrected chi connectivity index (χ2v) is 5.99. The topological polar surface area (TPSA) is 85.0 Å². The first-order valence-corrected chi connectivity index (χ1v) is 7.69. The molecule has 1 heterocycles. The summed E-state index contributed by atoms with van der Waals surface area (Å²) in [5.41, 5.74) is 6.45. The van der Waals surface area contributed by atoms with Crippen LogP contribution in [0.5, 0.6) is 11.5 Å². The Morgan fingerprint density at radius 1 is 1.32 bits per heavy atom. The van der Waals surface area contributed by atoms with Gasteiger partial charge < -0.3 is 25.2 Å². The minimum absolute atomic E-state index is 0.108. The van der Waals surface area contributed by atoms with Gasteiger partial charge in [-0.1, -0.05) is 0 Å². The summed E-state index contributed by atoms with van der Waals surface area (Å²) in [7, 11) is 1.69. The highest BCUT2D eigenvalue weighted by Gasteiger charge is 2.27. The van der Waals surface area contributed by atoms with Gasteiger partial charge in [0, 0.05) is 13.1 Å². The van der Waals surface area contributed by atoms with Gasteiger partial charge in [-0.15, -0.1) is 0 Å². The second-order valence-electron chi connectivity index (χ2n) is 5.99. The third kappa shape index (κ3) is 3.03. The van der Waals surface area contributed by atoms with Crippen molar-refractivity contribution in [3.63, 3.8) is 0 Å². The van der Waals surface area contributed by atoms with Gasteiger partial charge in [0.1, 0.15) is 24.1 Å². The van der Waals surface area contributed by atoms with E-state index >= 15 is 0 Å². The van der Waals surface area contributed by atoms with Crippen LogP contribution in [-0.4, -0.2) is 42.9 Å². The molecule has 1 amide bonds. The van der Waals surface area contributed by atoms with Crippen molar-refractivity contribution in [1.82, 2.24) is 0 Å². The number of hydrogen-bond acceptors (Lipinski definition) is 5. The molecule has 6 nitrogen and oxygen atoms in total. The van der Waals surface area contributed by atoms with Gasteiger partial charge in [-0.05, 0) is 37.8 Å². The van der Waals surface area contributed by atoms with Crippen LogP contribution in [0.3, 0.4) is 0 Å². The van der Waals surface area contributed by atoms with Crippen molar-refractivity contribution >= 4 is 11.6 Å². The van der Waals surface area contributed by atoms with E-state index in [1.807, 2.05) is 18.2 Å². The number of anilines is 1. The average molecular weight is 306 g/mol. The van der Waals surface area contributed by atoms with Gasteiger partial charge in [0.15, 0.2) is 0 Å². The fourth-order valence-electron chi connectivity index (χ4n) is 2.93. The number of nitrogens with zero attached hydrogens (tertiary/aromatic N) is 1. The van der Waals surface area contributed by atoms with E-state index < -0.39 is 6.04 Å². The minimum atomic E-state index is -0.651. The van der Waals surface area contributed by atoms with Crippen molar-refractivity contribution in [1.29, 1.82) is 0 Å². The number of nitrogens with two attached hydrogens (primary N) is 1. The third-order valence-electron chi connectivity index (χ3n) is 4.30. The number of hydrogen-bond donors (Lipinski definition) is 2. The summed E-state index contributed by atoms with van der Waals surface area (Å²) in [5, 5.41) is 9.54. The molecular formula is C16H22N2O4. The molecule has 1 aliphatic heterocycles. The molecule has 0 saturated heterocycles. The van der Waals surface area contributed by atoms with Gasteiger partial charge in [0.25, 0.3) is 0 Å². The maximum Gasteiger partial charge on any atom is 0.247 e. The Morgan fingerprint density at radius 3 is 2.77 bits per heavy atom. The van der Waals surface area contributed by atoms with Gasteiger partial charge in [0.05, 0.1) is 17.9 Å². The number of benzene rings is 1. The van der Waals surface area contributed by atoms with E-state index in [-0.39, 0.29) is 24.7 Å². The number of ether oxygens (including phenoxy) is 2. The molecule has 1 fully saturated rings. The van der Waals surface area contributed by atoms with Crippen LogP contribution in [0.1, 0.15) is 25.7 Å². The minimum Gasteiger partial charge on any atom is -0.490 e. The lowest BCUT2D eigenvalue weighted by Gasteiger charge is -2.27. The Morgan fingerprint density at radius 2 is 2.05 bits per heavy atom. The Labute approximate surface area is 129 Å². The van der Waals surface area contributed by atoms with Gasteiger partial charge in [0.2, 0.25) is 5.91 Å². The maximum absolute atomic E-state index is 12.1. The molecule has 6 heteroatoms. The number of aliphatic hydroxyl groups is 1. The second kappa shape index (κ2) is 6.14. The van der Waals surface area contributed by atoms with Crippen molar-refractivity contribution in [2.24, 2.45) is 5.73 Å². The lowest BCUT2D eigenvalue weighted by atomic mass is 9.95. The van der Waals surface area contributed by atoms with Crippen molar-refractivity contribution < 1.29 is 19.4 Å². The highest BCUT2D eigenvalue weighted by atomic mass is 16.5. The van der Waals surface area contributed by atoms with Gasteiger partial charge in [-0.2, -0.15) is 0 Å². The van der Waals surface area contributed by atoms with E-state index in [9.17, 15) is 9.90 Å². The molecule has 0 bridgehead atoms. The summed E-state index contributed by atoms with van der Waals surface area (Å²) in [6, 6.07) is 4.82. The lowest BCUT2D eigenvalue weighted by Crippen LogP contribution is -2.43. The SMILES string of the molecule is CN1C(=O)C(N)COc2ccc(OC3CCC(O)CC3)cc21. The number of rotatable bonds is 2. The highest BCUT2D eigenvalue weighted by molar-refractivity contribution is 5.98. The van der Waals surface area contributed by atoms with E-state index in [1.165, 1.54) is 4.90 Å². The molecule has 1 saturated carbocycles. The van der Waals surface area contributed by atoms with E-state index in [0.29, 0.717) is 17.2 Å². The zero-order valence-corrected chi connectivity index (χ0v) is 12.7. The average Bonchev–Trinajstić information content (AvgIpc) is 2.63. The molecule has 1 aliphatic carbocycles. The van der Waals surface area contributed by atoms with Crippen LogP contribution >= 0.6 is 0 Å². The Hall–Kier alpha value is -1.79. The van der Waals surface area contributed by atoms with Crippen molar-refractivity contribution in [3.05, 3.63) is 18.2 Å². The van der Waals surface area contributed by atoms with Gasteiger partial charge in [-0.3, -0.25) is 4.79 Å². The molecular weight excluding hydrogens is 284 g/mol. The maximum atomic E-state index is 12.1. The summed E-state index contributed by atoms with van der Waals surface area (Å²) in [6.07, 6.45) is 3.13. The molecule has 3 N–H and O–H groups in total. The standard InChI is InChI=1S/C16H22N2O4/c1-18-14-8-12(22-11-4-2-10(19)3-5-11)6-7-15(14)21-9-13(17)16(18)20/h6-8,10-11,13,19H,2-5,9,17H2,1H3. The van der Waals surface area contributed by atoms with Crippen LogP contribution in [0.25, 0.3) is 0 Å². The predicted octanol–water partition coefficient (Wildman–Crippen LogP) is 1.05. The molecule has 1 atom stereocenters. The molecule has 120 valence electrons. The number of amides is 1. The smallest absolute Gasteiger partial charge is 0.247 e. The van der Waals surface area contributed by atoms with E-state index in [4.69, 9.17) is 15.2 Å². The van der Waals surface area contributed by atoms with Crippen LogP contribution in [0.15, 0.2) is 18.2 Å². The predicted molar refractivity (Wildman–Crippen MR) is 82.2 cm³/mol. The summed E-state index contributed by atoms with van der Waals surface area (Å²) in [5.74, 6) is 1.17. The first kappa shape index (κ1) is 15.1. The fourth-order valence-corrected chi connectivity index (χ4v) is 2.93. The van der Waals surface area contributed by atoms with Gasteiger partial charge in [-0.25, -0.2) is 0 Å².